The zero-order valence-electron chi connectivity index (χ0n) is 14.8. The fraction of sp³-hybridized carbons (Fsp3) is 0.588. The third-order valence-electron chi connectivity index (χ3n) is 4.68. The van der Waals surface area contributed by atoms with E-state index in [4.69, 9.17) is 10.5 Å². The van der Waals surface area contributed by atoms with Crippen molar-refractivity contribution in [2.45, 2.75) is 18.3 Å². The van der Waals surface area contributed by atoms with Crippen LogP contribution in [0.3, 0.4) is 0 Å². The zero-order valence-corrected chi connectivity index (χ0v) is 15.6. The Hall–Kier alpha value is -1.65. The summed E-state index contributed by atoms with van der Waals surface area (Å²) in [7, 11) is 0. The lowest BCUT2D eigenvalue weighted by atomic mass is 9.96. The third-order valence-corrected chi connectivity index (χ3v) is 5.92. The second kappa shape index (κ2) is 8.57. The number of thioether (sulfide) groups is 1. The second-order valence-corrected chi connectivity index (χ2v) is 7.60. The van der Waals surface area contributed by atoms with Crippen LogP contribution in [-0.4, -0.2) is 67.1 Å². The van der Waals surface area contributed by atoms with Crippen molar-refractivity contribution in [3.63, 3.8) is 0 Å². The summed E-state index contributed by atoms with van der Waals surface area (Å²) in [6, 6.07) is 5.75. The quantitative estimate of drug-likeness (QED) is 0.581. The number of halogens is 3. The molecule has 2 aliphatic heterocycles. The van der Waals surface area contributed by atoms with Crippen LogP contribution in [0.15, 0.2) is 29.3 Å². The average Bonchev–Trinajstić information content (AvgIpc) is 3.12. The Bertz CT molecular complexity index is 660. The molecule has 2 heterocycles. The Labute approximate surface area is 160 Å². The second-order valence-electron chi connectivity index (χ2n) is 6.50. The molecule has 3 rings (SSSR count). The molecule has 0 spiro atoms. The maximum Gasteiger partial charge on any atom is 0.573 e. The Morgan fingerprint density at radius 1 is 1.33 bits per heavy atom. The summed E-state index contributed by atoms with van der Waals surface area (Å²) in [6.45, 7) is 3.59. The minimum Gasteiger partial charge on any atom is -0.404 e. The summed E-state index contributed by atoms with van der Waals surface area (Å²) in [4.78, 5) is 6.83. The van der Waals surface area contributed by atoms with Gasteiger partial charge in [0.25, 0.3) is 0 Å². The number of guanidine groups is 1. The Kier molecular flexibility index (Phi) is 6.38. The number of rotatable bonds is 5. The fourth-order valence-electron chi connectivity index (χ4n) is 3.30. The highest BCUT2D eigenvalue weighted by molar-refractivity contribution is 7.99. The van der Waals surface area contributed by atoms with Gasteiger partial charge >= 0.3 is 6.36 Å². The SMILES string of the molecule is NC(=NCC1(N2CCOCC2)CCSC1)Nc1ccccc1OC(F)(F)F. The number of anilines is 1. The zero-order chi connectivity index (χ0) is 19.3. The van der Waals surface area contributed by atoms with Crippen molar-refractivity contribution in [1.29, 1.82) is 0 Å². The number of nitrogens with one attached hydrogen (secondary N) is 1. The van der Waals surface area contributed by atoms with E-state index in [0.29, 0.717) is 19.8 Å². The molecule has 0 amide bonds. The van der Waals surface area contributed by atoms with Crippen LogP contribution in [0.2, 0.25) is 0 Å². The normalized spacial score (nSPS) is 24.8. The summed E-state index contributed by atoms with van der Waals surface area (Å²) >= 11 is 1.88. The highest BCUT2D eigenvalue weighted by Crippen LogP contribution is 2.34. The molecule has 2 aliphatic rings. The minimum absolute atomic E-state index is 0.0674. The molecule has 150 valence electrons. The molecule has 1 unspecified atom stereocenters. The summed E-state index contributed by atoms with van der Waals surface area (Å²) in [5.41, 5.74) is 6.00. The van der Waals surface area contributed by atoms with Crippen LogP contribution < -0.4 is 15.8 Å². The Balaban J connectivity index is 1.68. The van der Waals surface area contributed by atoms with Gasteiger partial charge in [-0.25, -0.2) is 0 Å². The highest BCUT2D eigenvalue weighted by atomic mass is 32.2. The van der Waals surface area contributed by atoms with Crippen LogP contribution in [0.4, 0.5) is 18.9 Å². The van der Waals surface area contributed by atoms with Gasteiger partial charge in [0.05, 0.1) is 31.0 Å². The van der Waals surface area contributed by atoms with Crippen molar-refractivity contribution < 1.29 is 22.6 Å². The fourth-order valence-corrected chi connectivity index (χ4v) is 4.77. The summed E-state index contributed by atoms with van der Waals surface area (Å²) in [6.07, 6.45) is -3.77. The predicted octanol–water partition coefficient (Wildman–Crippen LogP) is 2.52. The van der Waals surface area contributed by atoms with Crippen molar-refractivity contribution in [2.24, 2.45) is 10.7 Å². The highest BCUT2D eigenvalue weighted by Gasteiger charge is 2.40. The van der Waals surface area contributed by atoms with Crippen LogP contribution in [0, 0.1) is 0 Å². The molecule has 1 aromatic carbocycles. The van der Waals surface area contributed by atoms with E-state index >= 15 is 0 Å². The van der Waals surface area contributed by atoms with E-state index < -0.39 is 6.36 Å². The lowest BCUT2D eigenvalue weighted by Crippen LogP contribution is -2.56. The van der Waals surface area contributed by atoms with E-state index in [1.54, 1.807) is 6.07 Å². The summed E-state index contributed by atoms with van der Waals surface area (Å²) in [5, 5.41) is 2.73. The molecule has 10 heteroatoms. The first kappa shape index (κ1) is 20.1. The van der Waals surface area contributed by atoms with E-state index in [1.165, 1.54) is 18.2 Å². The number of aliphatic imine (C=N–C) groups is 1. The number of para-hydroxylation sites is 2. The number of ether oxygens (including phenoxy) is 2. The summed E-state index contributed by atoms with van der Waals surface area (Å²) < 4.78 is 47.1. The van der Waals surface area contributed by atoms with Crippen LogP contribution in [0.5, 0.6) is 5.75 Å². The van der Waals surface area contributed by atoms with E-state index in [1.807, 2.05) is 11.8 Å². The van der Waals surface area contributed by atoms with Gasteiger partial charge in [-0.05, 0) is 24.3 Å². The van der Waals surface area contributed by atoms with Gasteiger partial charge in [-0.2, -0.15) is 11.8 Å². The van der Waals surface area contributed by atoms with E-state index in [0.717, 1.165) is 31.0 Å². The maximum atomic E-state index is 12.5. The molecular weight excluding hydrogens is 381 g/mol. The molecule has 1 aromatic rings. The predicted molar refractivity (Wildman–Crippen MR) is 100 cm³/mol. The molecule has 2 fully saturated rings. The molecule has 0 saturated carbocycles. The van der Waals surface area contributed by atoms with Crippen LogP contribution >= 0.6 is 11.8 Å². The molecule has 3 N–H and O–H groups in total. The topological polar surface area (TPSA) is 72.1 Å². The first-order chi connectivity index (χ1) is 12.9. The lowest BCUT2D eigenvalue weighted by molar-refractivity contribution is -0.274. The number of alkyl halides is 3. The number of nitrogens with zero attached hydrogens (tertiary/aromatic N) is 2. The van der Waals surface area contributed by atoms with Crippen molar-refractivity contribution in [3.8, 4) is 5.75 Å². The average molecular weight is 404 g/mol. The largest absolute Gasteiger partial charge is 0.573 e. The lowest BCUT2D eigenvalue weighted by Gasteiger charge is -2.42. The van der Waals surface area contributed by atoms with Gasteiger partial charge in [-0.3, -0.25) is 9.89 Å². The molecule has 1 atom stereocenters. The number of nitrogens with two attached hydrogens (primary N) is 1. The third kappa shape index (κ3) is 5.43. The van der Waals surface area contributed by atoms with Gasteiger partial charge in [0.15, 0.2) is 11.7 Å². The number of hydrogen-bond acceptors (Lipinski definition) is 5. The summed E-state index contributed by atoms with van der Waals surface area (Å²) in [5.74, 6) is 1.74. The van der Waals surface area contributed by atoms with Crippen LogP contribution in [0.25, 0.3) is 0 Å². The smallest absolute Gasteiger partial charge is 0.404 e. The van der Waals surface area contributed by atoms with E-state index in [2.05, 4.69) is 19.9 Å². The van der Waals surface area contributed by atoms with Gasteiger partial charge in [0.2, 0.25) is 0 Å². The molecule has 0 radical (unpaired) electrons. The minimum atomic E-state index is -4.77. The van der Waals surface area contributed by atoms with Gasteiger partial charge in [-0.1, -0.05) is 12.1 Å². The van der Waals surface area contributed by atoms with Gasteiger partial charge in [0, 0.05) is 18.8 Å². The molecule has 27 heavy (non-hydrogen) atoms. The van der Waals surface area contributed by atoms with Crippen molar-refractivity contribution >= 4 is 23.4 Å². The maximum absolute atomic E-state index is 12.5. The Morgan fingerprint density at radius 2 is 2.07 bits per heavy atom. The molecular formula is C17H23F3N4O2S. The van der Waals surface area contributed by atoms with Gasteiger partial charge in [0.1, 0.15) is 0 Å². The van der Waals surface area contributed by atoms with Gasteiger partial charge in [-0.15, -0.1) is 13.2 Å². The first-order valence-corrected chi connectivity index (χ1v) is 9.86. The van der Waals surface area contributed by atoms with Crippen molar-refractivity contribution in [1.82, 2.24) is 4.90 Å². The monoisotopic (exact) mass is 404 g/mol. The van der Waals surface area contributed by atoms with Crippen molar-refractivity contribution in [2.75, 3.05) is 49.7 Å². The molecule has 2 saturated heterocycles. The van der Waals surface area contributed by atoms with Crippen LogP contribution in [-0.2, 0) is 4.74 Å². The molecule has 0 aromatic heterocycles. The molecule has 0 bridgehead atoms. The van der Waals surface area contributed by atoms with E-state index in [9.17, 15) is 13.2 Å². The number of hydrogen-bond donors (Lipinski definition) is 2. The Morgan fingerprint density at radius 3 is 2.74 bits per heavy atom. The first-order valence-electron chi connectivity index (χ1n) is 8.70. The number of benzene rings is 1. The van der Waals surface area contributed by atoms with E-state index in [-0.39, 0.29) is 22.9 Å². The standard InChI is InChI=1S/C17H23F3N4O2S/c18-17(19,20)26-14-4-2-1-3-13(14)23-15(21)22-11-16(5-10-27-12-16)24-6-8-25-9-7-24/h1-4H,5-12H2,(H3,21,22,23). The number of morpholine rings is 1. The van der Waals surface area contributed by atoms with Crippen LogP contribution in [0.1, 0.15) is 6.42 Å². The molecule has 0 aliphatic carbocycles. The van der Waals surface area contributed by atoms with Gasteiger partial charge < -0.3 is 20.5 Å². The van der Waals surface area contributed by atoms with Crippen molar-refractivity contribution in [3.05, 3.63) is 24.3 Å². The molecule has 6 nitrogen and oxygen atoms in total.